The van der Waals surface area contributed by atoms with E-state index >= 15 is 0 Å². The number of hydrogen-bond acceptors (Lipinski definition) is 2. The van der Waals surface area contributed by atoms with Crippen molar-refractivity contribution in [2.75, 3.05) is 6.61 Å². The number of carbonyl (C=O) groups is 1. The zero-order valence-electron chi connectivity index (χ0n) is 11.3. The maximum Gasteiger partial charge on any atom is 0.202 e. The predicted octanol–water partition coefficient (Wildman–Crippen LogP) is 4.69. The molecule has 0 aliphatic heterocycles. The first-order chi connectivity index (χ1) is 10.1. The summed E-state index contributed by atoms with van der Waals surface area (Å²) in [7, 11) is 0. The molecule has 0 spiro atoms. The third-order valence-corrected chi connectivity index (χ3v) is 3.58. The van der Waals surface area contributed by atoms with Crippen molar-refractivity contribution in [3.05, 3.63) is 69.7 Å². The van der Waals surface area contributed by atoms with E-state index < -0.39 is 29.1 Å². The highest BCUT2D eigenvalue weighted by Gasteiger charge is 2.28. The third-order valence-electron chi connectivity index (χ3n) is 2.96. The van der Waals surface area contributed by atoms with Crippen molar-refractivity contribution in [2.45, 2.75) is 13.0 Å². The molecule has 2 aromatic rings. The Kier molecular flexibility index (Phi) is 5.20. The van der Waals surface area contributed by atoms with Gasteiger partial charge in [-0.3, -0.25) is 4.79 Å². The minimum absolute atomic E-state index is 0.0376. The highest BCUT2D eigenvalue weighted by Crippen LogP contribution is 2.28. The lowest BCUT2D eigenvalue weighted by Crippen LogP contribution is -2.19. The van der Waals surface area contributed by atoms with E-state index in [-0.39, 0.29) is 11.1 Å². The first-order valence-corrected chi connectivity index (χ1v) is 7.19. The maximum atomic E-state index is 14.1. The Bertz CT molecular complexity index is 644. The summed E-state index contributed by atoms with van der Waals surface area (Å²) < 4.78 is 33.4. The Hall–Kier alpha value is -1.59. The first-order valence-electron chi connectivity index (χ1n) is 6.40. The van der Waals surface area contributed by atoms with Gasteiger partial charge in [-0.15, -0.1) is 0 Å². The standard InChI is InChI=1S/C16H13BrF2O2/c1-2-21-16(10-6-4-3-5-7-10)15(20)13-12(18)9-8-11(17)14(13)19/h3-9,16H,2H2,1H3. The first kappa shape index (κ1) is 15.8. The number of rotatable bonds is 5. The Morgan fingerprint density at radius 3 is 2.48 bits per heavy atom. The SMILES string of the molecule is CCOC(C(=O)c1c(F)ccc(Br)c1F)c1ccccc1. The van der Waals surface area contributed by atoms with Crippen LogP contribution in [0.2, 0.25) is 0 Å². The zero-order chi connectivity index (χ0) is 15.4. The van der Waals surface area contributed by atoms with Crippen molar-refractivity contribution in [2.24, 2.45) is 0 Å². The van der Waals surface area contributed by atoms with Gasteiger partial charge in [-0.1, -0.05) is 30.3 Å². The summed E-state index contributed by atoms with van der Waals surface area (Å²) in [5.74, 6) is -2.55. The van der Waals surface area contributed by atoms with Crippen LogP contribution in [0.25, 0.3) is 0 Å². The van der Waals surface area contributed by atoms with Gasteiger partial charge in [-0.25, -0.2) is 8.78 Å². The maximum absolute atomic E-state index is 14.1. The average molecular weight is 355 g/mol. The van der Waals surface area contributed by atoms with E-state index in [1.54, 1.807) is 37.3 Å². The number of ketones is 1. The van der Waals surface area contributed by atoms with Crippen LogP contribution < -0.4 is 0 Å². The molecule has 110 valence electrons. The lowest BCUT2D eigenvalue weighted by atomic mass is 9.99. The zero-order valence-corrected chi connectivity index (χ0v) is 12.9. The number of benzene rings is 2. The van der Waals surface area contributed by atoms with Gasteiger partial charge in [-0.05, 0) is 40.5 Å². The van der Waals surface area contributed by atoms with Crippen LogP contribution in [0.1, 0.15) is 28.9 Å². The van der Waals surface area contributed by atoms with Crippen LogP contribution >= 0.6 is 15.9 Å². The fraction of sp³-hybridized carbons (Fsp3) is 0.188. The van der Waals surface area contributed by atoms with Crippen molar-refractivity contribution in [3.63, 3.8) is 0 Å². The van der Waals surface area contributed by atoms with Gasteiger partial charge in [0.15, 0.2) is 5.82 Å². The van der Waals surface area contributed by atoms with E-state index in [1.165, 1.54) is 6.07 Å². The molecule has 0 saturated carbocycles. The predicted molar refractivity (Wildman–Crippen MR) is 79.2 cm³/mol. The van der Waals surface area contributed by atoms with Gasteiger partial charge in [0.05, 0.1) is 10.0 Å². The molecule has 0 aromatic heterocycles. The third kappa shape index (κ3) is 3.36. The van der Waals surface area contributed by atoms with Crippen molar-refractivity contribution in [1.29, 1.82) is 0 Å². The van der Waals surface area contributed by atoms with Gasteiger partial charge in [0.25, 0.3) is 0 Å². The molecule has 0 heterocycles. The number of carbonyl (C=O) groups excluding carboxylic acids is 1. The molecule has 1 atom stereocenters. The Morgan fingerprint density at radius 1 is 1.19 bits per heavy atom. The normalized spacial score (nSPS) is 12.2. The smallest absolute Gasteiger partial charge is 0.202 e. The van der Waals surface area contributed by atoms with E-state index in [0.717, 1.165) is 6.07 Å². The van der Waals surface area contributed by atoms with Gasteiger partial charge in [0.1, 0.15) is 11.9 Å². The molecule has 0 aliphatic carbocycles. The molecule has 2 rings (SSSR count). The molecule has 0 bridgehead atoms. The van der Waals surface area contributed by atoms with Crippen molar-refractivity contribution >= 4 is 21.7 Å². The highest BCUT2D eigenvalue weighted by atomic mass is 79.9. The number of ether oxygens (including phenoxy) is 1. The van der Waals surface area contributed by atoms with Gasteiger partial charge in [-0.2, -0.15) is 0 Å². The van der Waals surface area contributed by atoms with Crippen LogP contribution in [0.4, 0.5) is 8.78 Å². The quantitative estimate of drug-likeness (QED) is 0.575. The summed E-state index contributed by atoms with van der Waals surface area (Å²) in [6.07, 6.45) is -1.03. The van der Waals surface area contributed by atoms with Crippen LogP contribution in [0, 0.1) is 11.6 Å². The van der Waals surface area contributed by atoms with Gasteiger partial charge < -0.3 is 4.74 Å². The summed E-state index contributed by atoms with van der Waals surface area (Å²) >= 11 is 2.96. The second-order valence-electron chi connectivity index (χ2n) is 4.33. The van der Waals surface area contributed by atoms with Gasteiger partial charge in [0, 0.05) is 6.61 Å². The van der Waals surface area contributed by atoms with E-state index in [2.05, 4.69) is 15.9 Å². The van der Waals surface area contributed by atoms with Gasteiger partial charge in [0.2, 0.25) is 5.78 Å². The van der Waals surface area contributed by atoms with E-state index in [9.17, 15) is 13.6 Å². The molecule has 0 radical (unpaired) electrons. The molecule has 0 amide bonds. The molecule has 0 saturated heterocycles. The monoisotopic (exact) mass is 354 g/mol. The summed E-state index contributed by atoms with van der Waals surface area (Å²) in [4.78, 5) is 12.5. The van der Waals surface area contributed by atoms with Crippen LogP contribution in [0.5, 0.6) is 0 Å². The molecular formula is C16H13BrF2O2. The summed E-state index contributed by atoms with van der Waals surface area (Å²) in [6.45, 7) is 1.97. The minimum Gasteiger partial charge on any atom is -0.366 e. The van der Waals surface area contributed by atoms with E-state index in [0.29, 0.717) is 5.56 Å². The molecule has 5 heteroatoms. The molecule has 0 fully saturated rings. The lowest BCUT2D eigenvalue weighted by molar-refractivity contribution is 0.0444. The topological polar surface area (TPSA) is 26.3 Å². The molecule has 2 aromatic carbocycles. The molecule has 21 heavy (non-hydrogen) atoms. The van der Waals surface area contributed by atoms with Crippen molar-refractivity contribution in [3.8, 4) is 0 Å². The summed E-state index contributed by atoms with van der Waals surface area (Å²) in [6, 6.07) is 10.9. The number of halogens is 3. The summed E-state index contributed by atoms with van der Waals surface area (Å²) in [5.41, 5.74) is -0.0326. The highest BCUT2D eigenvalue weighted by molar-refractivity contribution is 9.10. The fourth-order valence-electron chi connectivity index (χ4n) is 2.00. The van der Waals surface area contributed by atoms with Crippen LogP contribution in [0.3, 0.4) is 0 Å². The second-order valence-corrected chi connectivity index (χ2v) is 5.18. The number of hydrogen-bond donors (Lipinski definition) is 0. The Labute approximate surface area is 129 Å². The average Bonchev–Trinajstić information content (AvgIpc) is 2.49. The Balaban J connectivity index is 2.47. The van der Waals surface area contributed by atoms with E-state index in [4.69, 9.17) is 4.74 Å². The van der Waals surface area contributed by atoms with Crippen molar-refractivity contribution in [1.82, 2.24) is 0 Å². The van der Waals surface area contributed by atoms with Crippen LogP contribution in [-0.2, 0) is 4.74 Å². The number of Topliss-reactive ketones (excluding diaryl/α,β-unsaturated/α-hetero) is 1. The summed E-state index contributed by atoms with van der Waals surface area (Å²) in [5, 5.41) is 0. The fourth-order valence-corrected chi connectivity index (χ4v) is 2.33. The molecule has 2 nitrogen and oxygen atoms in total. The van der Waals surface area contributed by atoms with Crippen molar-refractivity contribution < 1.29 is 18.3 Å². The largest absolute Gasteiger partial charge is 0.366 e. The van der Waals surface area contributed by atoms with Crippen LogP contribution in [-0.4, -0.2) is 12.4 Å². The second kappa shape index (κ2) is 6.91. The lowest BCUT2D eigenvalue weighted by Gasteiger charge is -2.17. The van der Waals surface area contributed by atoms with E-state index in [1.807, 2.05) is 0 Å². The molecule has 0 N–H and O–H groups in total. The molecule has 1 unspecified atom stereocenters. The molecule has 0 aliphatic rings. The van der Waals surface area contributed by atoms with Crippen LogP contribution in [0.15, 0.2) is 46.9 Å². The Morgan fingerprint density at radius 2 is 1.86 bits per heavy atom. The molecular weight excluding hydrogens is 342 g/mol. The van der Waals surface area contributed by atoms with Gasteiger partial charge >= 0.3 is 0 Å². The minimum atomic E-state index is -1.03.